The molecule has 1 heterocycles. The van der Waals surface area contributed by atoms with Crippen LogP contribution in [-0.4, -0.2) is 60.9 Å². The molecule has 162 valence electrons. The highest BCUT2D eigenvalue weighted by Gasteiger charge is 2.22. The van der Waals surface area contributed by atoms with Crippen LogP contribution in [0.2, 0.25) is 0 Å². The third-order valence-corrected chi connectivity index (χ3v) is 4.95. The SMILES string of the molecule is COc1cccc(/C=C/C(=O)N2CCCN(C(=O)c3cccc(OC(C)=O)c3)CC2)c1. The minimum Gasteiger partial charge on any atom is -0.497 e. The van der Waals surface area contributed by atoms with Crippen molar-refractivity contribution in [1.29, 1.82) is 0 Å². The second-order valence-electron chi connectivity index (χ2n) is 7.20. The van der Waals surface area contributed by atoms with Crippen molar-refractivity contribution in [2.24, 2.45) is 0 Å². The minimum atomic E-state index is -0.435. The summed E-state index contributed by atoms with van der Waals surface area (Å²) in [5.41, 5.74) is 1.34. The molecule has 2 amide bonds. The quantitative estimate of drug-likeness (QED) is 0.421. The maximum atomic E-state index is 12.9. The molecule has 2 aromatic carbocycles. The van der Waals surface area contributed by atoms with E-state index in [1.165, 1.54) is 6.92 Å². The van der Waals surface area contributed by atoms with Gasteiger partial charge in [0.05, 0.1) is 7.11 Å². The van der Waals surface area contributed by atoms with Crippen molar-refractivity contribution >= 4 is 23.9 Å². The maximum absolute atomic E-state index is 12.9. The fourth-order valence-electron chi connectivity index (χ4n) is 3.40. The zero-order valence-electron chi connectivity index (χ0n) is 17.7. The van der Waals surface area contributed by atoms with Gasteiger partial charge in [0, 0.05) is 44.7 Å². The van der Waals surface area contributed by atoms with Gasteiger partial charge in [0.15, 0.2) is 0 Å². The van der Waals surface area contributed by atoms with E-state index in [4.69, 9.17) is 9.47 Å². The first-order chi connectivity index (χ1) is 15.0. The van der Waals surface area contributed by atoms with Gasteiger partial charge in [-0.2, -0.15) is 0 Å². The van der Waals surface area contributed by atoms with Gasteiger partial charge in [-0.3, -0.25) is 14.4 Å². The highest BCUT2D eigenvalue weighted by molar-refractivity contribution is 5.95. The van der Waals surface area contributed by atoms with Crippen LogP contribution >= 0.6 is 0 Å². The molecule has 31 heavy (non-hydrogen) atoms. The Kier molecular flexibility index (Phi) is 7.43. The fraction of sp³-hybridized carbons (Fsp3) is 0.292. The Hall–Kier alpha value is -3.61. The van der Waals surface area contributed by atoms with Crippen LogP contribution in [0.25, 0.3) is 6.08 Å². The molecule has 3 rings (SSSR count). The van der Waals surface area contributed by atoms with E-state index in [1.54, 1.807) is 53.3 Å². The molecule has 0 unspecified atom stereocenters. The Morgan fingerprint density at radius 1 is 0.903 bits per heavy atom. The average molecular weight is 422 g/mol. The lowest BCUT2D eigenvalue weighted by Gasteiger charge is -2.21. The molecule has 0 saturated carbocycles. The first kappa shape index (κ1) is 22.1. The molecule has 0 atom stereocenters. The number of methoxy groups -OCH3 is 1. The van der Waals surface area contributed by atoms with Gasteiger partial charge in [-0.15, -0.1) is 0 Å². The molecule has 0 bridgehead atoms. The van der Waals surface area contributed by atoms with E-state index >= 15 is 0 Å². The van der Waals surface area contributed by atoms with Gasteiger partial charge in [0.2, 0.25) is 5.91 Å². The Labute approximate surface area is 181 Å². The summed E-state index contributed by atoms with van der Waals surface area (Å²) in [6.45, 7) is 3.35. The van der Waals surface area contributed by atoms with Gasteiger partial charge < -0.3 is 19.3 Å². The summed E-state index contributed by atoms with van der Waals surface area (Å²) in [6, 6.07) is 14.1. The van der Waals surface area contributed by atoms with Crippen molar-refractivity contribution in [3.8, 4) is 11.5 Å². The van der Waals surface area contributed by atoms with Crippen LogP contribution in [0.3, 0.4) is 0 Å². The molecule has 0 N–H and O–H groups in total. The molecule has 0 spiro atoms. The van der Waals surface area contributed by atoms with Crippen LogP contribution in [0.1, 0.15) is 29.3 Å². The molecule has 1 aliphatic rings. The van der Waals surface area contributed by atoms with Crippen LogP contribution in [0.4, 0.5) is 0 Å². The average Bonchev–Trinajstić information content (AvgIpc) is 3.03. The number of hydrogen-bond donors (Lipinski definition) is 0. The van der Waals surface area contributed by atoms with Crippen LogP contribution in [0, 0.1) is 0 Å². The Morgan fingerprint density at radius 3 is 2.39 bits per heavy atom. The van der Waals surface area contributed by atoms with Gasteiger partial charge in [0.1, 0.15) is 11.5 Å². The number of esters is 1. The molecule has 0 radical (unpaired) electrons. The van der Waals surface area contributed by atoms with Crippen LogP contribution < -0.4 is 9.47 Å². The molecular weight excluding hydrogens is 396 g/mol. The van der Waals surface area contributed by atoms with Crippen LogP contribution in [0.5, 0.6) is 11.5 Å². The largest absolute Gasteiger partial charge is 0.497 e. The molecule has 2 aromatic rings. The van der Waals surface area contributed by atoms with Gasteiger partial charge in [-0.1, -0.05) is 18.2 Å². The van der Waals surface area contributed by atoms with Gasteiger partial charge >= 0.3 is 5.97 Å². The van der Waals surface area contributed by atoms with Crippen molar-refractivity contribution in [3.63, 3.8) is 0 Å². The number of amides is 2. The molecule has 0 aliphatic carbocycles. The summed E-state index contributed by atoms with van der Waals surface area (Å²) < 4.78 is 10.3. The van der Waals surface area contributed by atoms with E-state index in [-0.39, 0.29) is 11.8 Å². The number of benzene rings is 2. The van der Waals surface area contributed by atoms with Crippen LogP contribution in [-0.2, 0) is 9.59 Å². The molecule has 7 heteroatoms. The monoisotopic (exact) mass is 422 g/mol. The maximum Gasteiger partial charge on any atom is 0.308 e. The van der Waals surface area contributed by atoms with Gasteiger partial charge in [0.25, 0.3) is 5.91 Å². The first-order valence-electron chi connectivity index (χ1n) is 10.1. The summed E-state index contributed by atoms with van der Waals surface area (Å²) in [5, 5.41) is 0. The number of nitrogens with zero attached hydrogens (tertiary/aromatic N) is 2. The number of carbonyl (C=O) groups is 3. The van der Waals surface area contributed by atoms with E-state index in [9.17, 15) is 14.4 Å². The van der Waals surface area contributed by atoms with Crippen LogP contribution in [0.15, 0.2) is 54.6 Å². The van der Waals surface area contributed by atoms with E-state index in [0.717, 1.165) is 11.3 Å². The van der Waals surface area contributed by atoms with Gasteiger partial charge in [-0.05, 0) is 48.4 Å². The normalized spacial score (nSPS) is 14.3. The highest BCUT2D eigenvalue weighted by Crippen LogP contribution is 2.17. The summed E-state index contributed by atoms with van der Waals surface area (Å²) in [5.74, 6) is 0.406. The lowest BCUT2D eigenvalue weighted by Crippen LogP contribution is -2.36. The number of hydrogen-bond acceptors (Lipinski definition) is 5. The Morgan fingerprint density at radius 2 is 1.61 bits per heavy atom. The van der Waals surface area contributed by atoms with E-state index < -0.39 is 5.97 Å². The van der Waals surface area contributed by atoms with E-state index in [1.807, 2.05) is 24.3 Å². The van der Waals surface area contributed by atoms with Crippen molar-refractivity contribution in [2.75, 3.05) is 33.3 Å². The minimum absolute atomic E-state index is 0.0889. The lowest BCUT2D eigenvalue weighted by atomic mass is 10.2. The lowest BCUT2D eigenvalue weighted by molar-refractivity contribution is -0.132. The molecule has 1 fully saturated rings. The summed E-state index contributed by atoms with van der Waals surface area (Å²) in [7, 11) is 1.60. The fourth-order valence-corrected chi connectivity index (χ4v) is 3.40. The Bertz CT molecular complexity index is 985. The number of ether oxygens (including phenoxy) is 2. The highest BCUT2D eigenvalue weighted by atomic mass is 16.5. The zero-order chi connectivity index (χ0) is 22.2. The number of carbonyl (C=O) groups excluding carboxylic acids is 3. The van der Waals surface area contributed by atoms with Crippen molar-refractivity contribution in [3.05, 3.63) is 65.7 Å². The Balaban J connectivity index is 1.60. The predicted molar refractivity (Wildman–Crippen MR) is 117 cm³/mol. The van der Waals surface area contributed by atoms with Crippen molar-refractivity contribution in [2.45, 2.75) is 13.3 Å². The van der Waals surface area contributed by atoms with Gasteiger partial charge in [-0.25, -0.2) is 0 Å². The van der Waals surface area contributed by atoms with E-state index in [2.05, 4.69) is 0 Å². The van der Waals surface area contributed by atoms with E-state index in [0.29, 0.717) is 43.9 Å². The molecule has 0 aromatic heterocycles. The predicted octanol–water partition coefficient (Wildman–Crippen LogP) is 3.01. The summed E-state index contributed by atoms with van der Waals surface area (Å²) in [4.78, 5) is 40.2. The second kappa shape index (κ2) is 10.4. The first-order valence-corrected chi connectivity index (χ1v) is 10.1. The molecule has 1 aliphatic heterocycles. The smallest absolute Gasteiger partial charge is 0.308 e. The topological polar surface area (TPSA) is 76.2 Å². The van der Waals surface area contributed by atoms with Crippen molar-refractivity contribution in [1.82, 2.24) is 9.80 Å². The zero-order valence-corrected chi connectivity index (χ0v) is 17.7. The number of rotatable bonds is 5. The molecular formula is C24H26N2O5. The molecule has 1 saturated heterocycles. The third kappa shape index (κ3) is 6.18. The molecule has 7 nitrogen and oxygen atoms in total. The van der Waals surface area contributed by atoms with Crippen molar-refractivity contribution < 1.29 is 23.9 Å². The summed E-state index contributed by atoms with van der Waals surface area (Å²) >= 11 is 0. The summed E-state index contributed by atoms with van der Waals surface area (Å²) in [6.07, 6.45) is 4.00. The standard InChI is InChI=1S/C24H26N2O5/c1-18(27)31-22-9-4-7-20(17-22)24(29)26-13-5-12-25(14-15-26)23(28)11-10-19-6-3-8-21(16-19)30-2/h3-4,6-11,16-17H,5,12-15H2,1-2H3/b11-10+. The third-order valence-electron chi connectivity index (χ3n) is 4.95. The second-order valence-corrected chi connectivity index (χ2v) is 7.20.